The molecule has 5 heteroatoms. The monoisotopic (exact) mass is 321 g/mol. The van der Waals surface area contributed by atoms with Crippen LogP contribution in [0, 0.1) is 29.1 Å². The summed E-state index contributed by atoms with van der Waals surface area (Å²) in [4.78, 5) is 11.3. The summed E-state index contributed by atoms with van der Waals surface area (Å²) in [5.41, 5.74) is 0. The highest BCUT2D eigenvalue weighted by Gasteiger charge is 2.52. The molecular formula is C18H27NO4. The van der Waals surface area contributed by atoms with Crippen molar-refractivity contribution < 1.29 is 19.4 Å². The van der Waals surface area contributed by atoms with Crippen LogP contribution >= 0.6 is 0 Å². The van der Waals surface area contributed by atoms with Gasteiger partial charge in [0.25, 0.3) is 0 Å². The molecule has 1 saturated heterocycles. The van der Waals surface area contributed by atoms with Crippen LogP contribution in [0.15, 0.2) is 11.8 Å². The standard InChI is InChI=1S/C18H27NO4/c1-3-12-11-14-15(7-6-13(20)5-4-10-19)23-16(18(12)14)8-9-17(21)22-2/h8,12-15,18,20H,3-7,9,11H2,1-2H3/b16-8+. The number of hydrogen-bond acceptors (Lipinski definition) is 5. The fourth-order valence-electron chi connectivity index (χ4n) is 3.84. The Morgan fingerprint density at radius 2 is 2.35 bits per heavy atom. The highest BCUT2D eigenvalue weighted by Crippen LogP contribution is 2.55. The van der Waals surface area contributed by atoms with Gasteiger partial charge in [-0.3, -0.25) is 4.79 Å². The average Bonchev–Trinajstić information content (AvgIpc) is 2.80. The van der Waals surface area contributed by atoms with Gasteiger partial charge in [-0.15, -0.1) is 0 Å². The minimum absolute atomic E-state index is 0.128. The van der Waals surface area contributed by atoms with Crippen LogP contribution in [0.2, 0.25) is 0 Å². The van der Waals surface area contributed by atoms with Crippen molar-refractivity contribution in [2.24, 2.45) is 17.8 Å². The Morgan fingerprint density at radius 3 is 3.00 bits per heavy atom. The van der Waals surface area contributed by atoms with Crippen molar-refractivity contribution in [2.75, 3.05) is 7.11 Å². The lowest BCUT2D eigenvalue weighted by molar-refractivity contribution is -0.139. The summed E-state index contributed by atoms with van der Waals surface area (Å²) in [6.45, 7) is 2.19. The molecule has 5 unspecified atom stereocenters. The van der Waals surface area contributed by atoms with E-state index in [-0.39, 0.29) is 18.5 Å². The predicted octanol–water partition coefficient (Wildman–Crippen LogP) is 2.94. The fourth-order valence-corrected chi connectivity index (χ4v) is 3.84. The number of carbonyl (C=O) groups excluding carboxylic acids is 1. The lowest BCUT2D eigenvalue weighted by Crippen LogP contribution is -2.38. The molecule has 0 bridgehead atoms. The zero-order chi connectivity index (χ0) is 16.8. The summed E-state index contributed by atoms with van der Waals surface area (Å²) < 4.78 is 10.8. The maximum atomic E-state index is 11.3. The summed E-state index contributed by atoms with van der Waals surface area (Å²) in [5, 5.41) is 18.5. The summed E-state index contributed by atoms with van der Waals surface area (Å²) >= 11 is 0. The molecule has 0 spiro atoms. The van der Waals surface area contributed by atoms with E-state index in [0.717, 1.165) is 25.0 Å². The van der Waals surface area contributed by atoms with Crippen molar-refractivity contribution in [3.8, 4) is 6.07 Å². The first-order valence-electron chi connectivity index (χ1n) is 8.59. The van der Waals surface area contributed by atoms with Crippen molar-refractivity contribution in [3.63, 3.8) is 0 Å². The molecule has 0 aromatic carbocycles. The molecule has 2 rings (SSSR count). The second kappa shape index (κ2) is 8.35. The molecule has 5 nitrogen and oxygen atoms in total. The first-order chi connectivity index (χ1) is 11.1. The molecule has 1 aliphatic carbocycles. The van der Waals surface area contributed by atoms with Gasteiger partial charge >= 0.3 is 5.97 Å². The zero-order valence-corrected chi connectivity index (χ0v) is 14.0. The molecule has 0 aromatic heterocycles. The molecule has 1 heterocycles. The Bertz CT molecular complexity index is 482. The number of carbonyl (C=O) groups is 1. The Kier molecular flexibility index (Phi) is 6.47. The number of nitriles is 1. The molecule has 128 valence electrons. The number of rotatable bonds is 8. The third kappa shape index (κ3) is 4.26. The second-order valence-corrected chi connectivity index (χ2v) is 6.56. The van der Waals surface area contributed by atoms with E-state index >= 15 is 0 Å². The van der Waals surface area contributed by atoms with Crippen LogP contribution in [0.1, 0.15) is 51.9 Å². The van der Waals surface area contributed by atoms with E-state index in [1.807, 2.05) is 6.08 Å². The van der Waals surface area contributed by atoms with Gasteiger partial charge in [-0.1, -0.05) is 13.3 Å². The topological polar surface area (TPSA) is 79.5 Å². The van der Waals surface area contributed by atoms with Crippen LogP contribution < -0.4 is 0 Å². The molecule has 5 atom stereocenters. The third-order valence-corrected chi connectivity index (χ3v) is 5.23. The van der Waals surface area contributed by atoms with Crippen molar-refractivity contribution in [1.82, 2.24) is 0 Å². The molecule has 0 radical (unpaired) electrons. The molecule has 0 aromatic rings. The number of aliphatic hydroxyl groups is 1. The summed E-state index contributed by atoms with van der Waals surface area (Å²) in [5.74, 6) is 2.26. The molecule has 1 aliphatic heterocycles. The number of methoxy groups -OCH3 is 1. The van der Waals surface area contributed by atoms with Gasteiger partial charge in [0.05, 0.1) is 31.5 Å². The highest BCUT2D eigenvalue weighted by atomic mass is 16.5. The molecule has 0 amide bonds. The predicted molar refractivity (Wildman–Crippen MR) is 85.1 cm³/mol. The van der Waals surface area contributed by atoms with Crippen molar-refractivity contribution >= 4 is 5.97 Å². The maximum absolute atomic E-state index is 11.3. The normalized spacial score (nSPS) is 31.7. The number of allylic oxidation sites excluding steroid dienone is 1. The van der Waals surface area contributed by atoms with Crippen LogP contribution in [-0.4, -0.2) is 30.4 Å². The molecular weight excluding hydrogens is 294 g/mol. The Labute approximate surface area is 138 Å². The number of hydrogen-bond donors (Lipinski definition) is 1. The van der Waals surface area contributed by atoms with Crippen LogP contribution in [-0.2, 0) is 14.3 Å². The van der Waals surface area contributed by atoms with E-state index in [9.17, 15) is 9.90 Å². The molecule has 2 aliphatic rings. The first-order valence-corrected chi connectivity index (χ1v) is 8.59. The smallest absolute Gasteiger partial charge is 0.309 e. The van der Waals surface area contributed by atoms with Crippen LogP contribution in [0.3, 0.4) is 0 Å². The number of nitrogens with zero attached hydrogens (tertiary/aromatic N) is 1. The third-order valence-electron chi connectivity index (χ3n) is 5.23. The van der Waals surface area contributed by atoms with Gasteiger partial charge in [0.2, 0.25) is 0 Å². The second-order valence-electron chi connectivity index (χ2n) is 6.56. The number of aliphatic hydroxyl groups excluding tert-OH is 1. The van der Waals surface area contributed by atoms with E-state index < -0.39 is 6.10 Å². The first kappa shape index (κ1) is 17.8. The molecule has 23 heavy (non-hydrogen) atoms. The SMILES string of the molecule is CCC1CC2C(CCC(O)CCC#N)O/C(=C/CC(=O)OC)C12. The fraction of sp³-hybridized carbons (Fsp3) is 0.778. The highest BCUT2D eigenvalue weighted by molar-refractivity contribution is 5.71. The number of esters is 1. The summed E-state index contributed by atoms with van der Waals surface area (Å²) in [6.07, 6.45) is 6.50. The Morgan fingerprint density at radius 1 is 1.57 bits per heavy atom. The van der Waals surface area contributed by atoms with E-state index in [0.29, 0.717) is 37.0 Å². The van der Waals surface area contributed by atoms with E-state index in [2.05, 4.69) is 17.7 Å². The minimum atomic E-state index is -0.429. The zero-order valence-electron chi connectivity index (χ0n) is 14.0. The quantitative estimate of drug-likeness (QED) is 0.695. The molecule has 2 fully saturated rings. The average molecular weight is 321 g/mol. The van der Waals surface area contributed by atoms with Gasteiger partial charge in [-0.05, 0) is 37.7 Å². The lowest BCUT2D eigenvalue weighted by atomic mass is 9.62. The van der Waals surface area contributed by atoms with E-state index in [4.69, 9.17) is 10.00 Å². The maximum Gasteiger partial charge on any atom is 0.309 e. The van der Waals surface area contributed by atoms with Gasteiger partial charge in [0.1, 0.15) is 6.10 Å². The van der Waals surface area contributed by atoms with Gasteiger partial charge in [0, 0.05) is 18.3 Å². The van der Waals surface area contributed by atoms with E-state index in [1.54, 1.807) is 0 Å². The van der Waals surface area contributed by atoms with Gasteiger partial charge in [-0.25, -0.2) is 0 Å². The largest absolute Gasteiger partial charge is 0.494 e. The van der Waals surface area contributed by atoms with Gasteiger partial charge in [0.15, 0.2) is 0 Å². The van der Waals surface area contributed by atoms with Crippen molar-refractivity contribution in [2.45, 2.75) is 64.1 Å². The number of ether oxygens (including phenoxy) is 2. The summed E-state index contributed by atoms with van der Waals surface area (Å²) in [7, 11) is 1.39. The minimum Gasteiger partial charge on any atom is -0.494 e. The molecule has 1 N–H and O–H groups in total. The van der Waals surface area contributed by atoms with Crippen molar-refractivity contribution in [3.05, 3.63) is 11.8 Å². The van der Waals surface area contributed by atoms with Crippen LogP contribution in [0.4, 0.5) is 0 Å². The Hall–Kier alpha value is -1.54. The van der Waals surface area contributed by atoms with Crippen LogP contribution in [0.5, 0.6) is 0 Å². The molecule has 1 saturated carbocycles. The van der Waals surface area contributed by atoms with Gasteiger partial charge in [-0.2, -0.15) is 5.26 Å². The lowest BCUT2D eigenvalue weighted by Gasteiger charge is -2.40. The summed E-state index contributed by atoms with van der Waals surface area (Å²) in [6, 6.07) is 2.06. The Balaban J connectivity index is 1.91. The number of fused-ring (bicyclic) bond motifs is 1. The van der Waals surface area contributed by atoms with Crippen LogP contribution in [0.25, 0.3) is 0 Å². The van der Waals surface area contributed by atoms with Gasteiger partial charge < -0.3 is 14.6 Å². The van der Waals surface area contributed by atoms with E-state index in [1.165, 1.54) is 7.11 Å². The van der Waals surface area contributed by atoms with Crippen molar-refractivity contribution in [1.29, 1.82) is 5.26 Å².